The molecule has 2 unspecified atom stereocenters. The van der Waals surface area contributed by atoms with Crippen molar-refractivity contribution < 1.29 is 24.6 Å². The van der Waals surface area contributed by atoms with Crippen LogP contribution in [0, 0.1) is 0 Å². The minimum absolute atomic E-state index is 0. The summed E-state index contributed by atoms with van der Waals surface area (Å²) in [5.41, 5.74) is 0. The van der Waals surface area contributed by atoms with Crippen LogP contribution in [0.5, 0.6) is 0 Å². The standard InChI is InChI=1S/C5H4O5.2Na/c6-1-2(7)4(9)5(10)3(1)8;;/h1-2,6-7H;;. The van der Waals surface area contributed by atoms with Crippen molar-refractivity contribution in [2.45, 2.75) is 12.2 Å². The summed E-state index contributed by atoms with van der Waals surface area (Å²) in [7, 11) is 0. The van der Waals surface area contributed by atoms with Crippen molar-refractivity contribution in [3.8, 4) is 0 Å². The van der Waals surface area contributed by atoms with Crippen LogP contribution in [-0.4, -0.2) is 98.9 Å². The van der Waals surface area contributed by atoms with Crippen LogP contribution < -0.4 is 0 Å². The Bertz CT molecular complexity index is 204. The maximum absolute atomic E-state index is 10.3. The van der Waals surface area contributed by atoms with Crippen molar-refractivity contribution in [3.05, 3.63) is 0 Å². The number of carbonyl (C=O) groups is 3. The van der Waals surface area contributed by atoms with Crippen LogP contribution >= 0.6 is 0 Å². The first-order chi connectivity index (χ1) is 4.55. The zero-order valence-electron chi connectivity index (χ0n) is 6.77. The Kier molecular flexibility index (Phi) is 7.21. The molecule has 1 aliphatic rings. The Balaban J connectivity index is 0. The number of aliphatic hydroxyl groups is 2. The molecule has 1 saturated carbocycles. The molecule has 56 valence electrons. The Morgan fingerprint density at radius 3 is 1.17 bits per heavy atom. The summed E-state index contributed by atoms with van der Waals surface area (Å²) in [5, 5.41) is 17.1. The van der Waals surface area contributed by atoms with Crippen LogP contribution in [0.4, 0.5) is 0 Å². The minimum Gasteiger partial charge on any atom is -0.382 e. The monoisotopic (exact) mass is 190 g/mol. The molecule has 2 radical (unpaired) electrons. The van der Waals surface area contributed by atoms with E-state index in [1.54, 1.807) is 0 Å². The molecule has 1 aliphatic carbocycles. The summed E-state index contributed by atoms with van der Waals surface area (Å²) in [6.45, 7) is 0. The van der Waals surface area contributed by atoms with Gasteiger partial charge in [0.1, 0.15) is 0 Å². The summed E-state index contributed by atoms with van der Waals surface area (Å²) < 4.78 is 0. The summed E-state index contributed by atoms with van der Waals surface area (Å²) in [6, 6.07) is 0. The van der Waals surface area contributed by atoms with E-state index in [0.717, 1.165) is 0 Å². The van der Waals surface area contributed by atoms with Crippen LogP contribution in [0.3, 0.4) is 0 Å². The zero-order chi connectivity index (χ0) is 7.89. The van der Waals surface area contributed by atoms with Gasteiger partial charge in [-0.1, -0.05) is 0 Å². The van der Waals surface area contributed by atoms with Crippen molar-refractivity contribution in [1.29, 1.82) is 0 Å². The van der Waals surface area contributed by atoms with Crippen molar-refractivity contribution in [2.75, 3.05) is 0 Å². The predicted octanol–water partition coefficient (Wildman–Crippen LogP) is -3.33. The summed E-state index contributed by atoms with van der Waals surface area (Å²) >= 11 is 0. The van der Waals surface area contributed by atoms with Crippen LogP contribution in [0.1, 0.15) is 0 Å². The van der Waals surface area contributed by atoms with Gasteiger partial charge in [-0.15, -0.1) is 0 Å². The van der Waals surface area contributed by atoms with E-state index in [1.807, 2.05) is 0 Å². The van der Waals surface area contributed by atoms with Gasteiger partial charge in [0, 0.05) is 59.1 Å². The number of Topliss-reactive ketones (excluding diaryl/α,β-unsaturated/α-hetero) is 3. The minimum atomic E-state index is -1.85. The maximum Gasteiger partial charge on any atom is 0.269 e. The molecule has 12 heavy (non-hydrogen) atoms. The first-order valence-corrected chi connectivity index (χ1v) is 2.54. The summed E-state index contributed by atoms with van der Waals surface area (Å²) in [5.74, 6) is -3.77. The smallest absolute Gasteiger partial charge is 0.269 e. The van der Waals surface area contributed by atoms with E-state index in [4.69, 9.17) is 10.2 Å². The summed E-state index contributed by atoms with van der Waals surface area (Å²) in [4.78, 5) is 31.0. The molecule has 0 aromatic carbocycles. The van der Waals surface area contributed by atoms with Gasteiger partial charge in [0.15, 0.2) is 12.2 Å². The van der Waals surface area contributed by atoms with E-state index in [1.165, 1.54) is 0 Å². The Morgan fingerprint density at radius 1 is 0.833 bits per heavy atom. The van der Waals surface area contributed by atoms with Crippen LogP contribution in [0.25, 0.3) is 0 Å². The molecule has 0 bridgehead atoms. The molecule has 0 heterocycles. The number of rotatable bonds is 0. The van der Waals surface area contributed by atoms with Crippen LogP contribution in [0.15, 0.2) is 0 Å². The van der Waals surface area contributed by atoms with Gasteiger partial charge in [-0.3, -0.25) is 14.4 Å². The third-order valence-electron chi connectivity index (χ3n) is 1.28. The third kappa shape index (κ3) is 2.46. The normalized spacial score (nSPS) is 28.0. The predicted molar refractivity (Wildman–Crippen MR) is 38.5 cm³/mol. The molecule has 0 spiro atoms. The fraction of sp³-hybridized carbons (Fsp3) is 0.400. The van der Waals surface area contributed by atoms with Crippen molar-refractivity contribution in [2.24, 2.45) is 0 Å². The number of carbonyl (C=O) groups excluding carboxylic acids is 3. The molecule has 1 rings (SSSR count). The SMILES string of the molecule is O=C1C(=O)C(O)C(O)C1=O.[Na].[Na]. The van der Waals surface area contributed by atoms with Gasteiger partial charge in [-0.2, -0.15) is 0 Å². The van der Waals surface area contributed by atoms with Gasteiger partial charge in [0.25, 0.3) is 5.78 Å². The van der Waals surface area contributed by atoms with Crippen molar-refractivity contribution in [1.82, 2.24) is 0 Å². The fourth-order valence-electron chi connectivity index (χ4n) is 0.677. The molecule has 0 aromatic heterocycles. The van der Waals surface area contributed by atoms with E-state index >= 15 is 0 Å². The number of hydrogen-bond acceptors (Lipinski definition) is 5. The second-order valence-corrected chi connectivity index (χ2v) is 1.95. The van der Waals surface area contributed by atoms with Gasteiger partial charge < -0.3 is 10.2 Å². The third-order valence-corrected chi connectivity index (χ3v) is 1.28. The first kappa shape index (κ1) is 15.4. The average molecular weight is 190 g/mol. The molecule has 0 aromatic rings. The van der Waals surface area contributed by atoms with Gasteiger partial charge >= 0.3 is 0 Å². The van der Waals surface area contributed by atoms with E-state index in [0.29, 0.717) is 0 Å². The molecule has 0 amide bonds. The Hall–Kier alpha value is 0.930. The second-order valence-electron chi connectivity index (χ2n) is 1.95. The molecule has 2 N–H and O–H groups in total. The number of hydrogen-bond donors (Lipinski definition) is 2. The van der Waals surface area contributed by atoms with E-state index in [2.05, 4.69) is 0 Å². The second kappa shape index (κ2) is 5.62. The maximum atomic E-state index is 10.3. The number of ketones is 3. The topological polar surface area (TPSA) is 91.7 Å². The van der Waals surface area contributed by atoms with Crippen molar-refractivity contribution >= 4 is 76.5 Å². The van der Waals surface area contributed by atoms with Gasteiger partial charge in [0.05, 0.1) is 0 Å². The van der Waals surface area contributed by atoms with Gasteiger partial charge in [-0.05, 0) is 0 Å². The molecule has 0 saturated heterocycles. The first-order valence-electron chi connectivity index (χ1n) is 2.54. The molecule has 2 atom stereocenters. The zero-order valence-corrected chi connectivity index (χ0v) is 10.8. The van der Waals surface area contributed by atoms with Gasteiger partial charge in [-0.25, -0.2) is 0 Å². The molecule has 0 aliphatic heterocycles. The number of aliphatic hydroxyl groups excluding tert-OH is 2. The van der Waals surface area contributed by atoms with E-state index in [-0.39, 0.29) is 59.1 Å². The molecule has 5 nitrogen and oxygen atoms in total. The summed E-state index contributed by atoms with van der Waals surface area (Å²) in [6.07, 6.45) is -3.69. The van der Waals surface area contributed by atoms with Crippen LogP contribution in [0.2, 0.25) is 0 Å². The molecular weight excluding hydrogens is 186 g/mol. The quantitative estimate of drug-likeness (QED) is 0.308. The Morgan fingerprint density at radius 2 is 1.08 bits per heavy atom. The molecule has 1 fully saturated rings. The van der Waals surface area contributed by atoms with Crippen molar-refractivity contribution in [3.63, 3.8) is 0 Å². The average Bonchev–Trinajstić information content (AvgIpc) is 2.07. The molecular formula is C5H4Na2O5. The van der Waals surface area contributed by atoms with Gasteiger partial charge in [0.2, 0.25) is 11.6 Å². The largest absolute Gasteiger partial charge is 0.382 e. The van der Waals surface area contributed by atoms with E-state index < -0.39 is 29.6 Å². The Labute approximate surface area is 112 Å². The fourth-order valence-corrected chi connectivity index (χ4v) is 0.677. The van der Waals surface area contributed by atoms with Crippen LogP contribution in [-0.2, 0) is 14.4 Å². The molecule has 7 heteroatoms. The van der Waals surface area contributed by atoms with E-state index in [9.17, 15) is 14.4 Å².